The second kappa shape index (κ2) is 6.01. The number of benzene rings is 1. The number of phenolic OH excluding ortho intramolecular Hbond substituents is 1. The molecule has 0 unspecified atom stereocenters. The van der Waals surface area contributed by atoms with Crippen LogP contribution in [-0.2, 0) is 6.42 Å². The predicted octanol–water partition coefficient (Wildman–Crippen LogP) is 4.06. The summed E-state index contributed by atoms with van der Waals surface area (Å²) in [5, 5.41) is 20.3. The van der Waals surface area contributed by atoms with Gasteiger partial charge in [-0.3, -0.25) is 0 Å². The van der Waals surface area contributed by atoms with E-state index >= 15 is 0 Å². The zero-order valence-corrected chi connectivity index (χ0v) is 14.4. The largest absolute Gasteiger partial charge is 0.508 e. The number of rotatable bonds is 3. The molecule has 0 bridgehead atoms. The van der Waals surface area contributed by atoms with Crippen LogP contribution >= 0.6 is 15.9 Å². The molecule has 0 aliphatic heterocycles. The molecular weight excluding hydrogens is 332 g/mol. The highest BCUT2D eigenvalue weighted by atomic mass is 79.9. The van der Waals surface area contributed by atoms with Crippen LogP contribution in [0.15, 0.2) is 28.8 Å². The van der Waals surface area contributed by atoms with Crippen molar-refractivity contribution in [2.45, 2.75) is 39.2 Å². The van der Waals surface area contributed by atoms with Gasteiger partial charge in [-0.15, -0.1) is 0 Å². The molecule has 0 amide bonds. The fourth-order valence-electron chi connectivity index (χ4n) is 3.13. The summed E-state index contributed by atoms with van der Waals surface area (Å²) in [6.07, 6.45) is 1.92. The number of halogens is 1. The average molecular weight is 355 g/mol. The van der Waals surface area contributed by atoms with Crippen molar-refractivity contribution in [1.82, 2.24) is 0 Å². The van der Waals surface area contributed by atoms with E-state index in [1.165, 1.54) is 0 Å². The van der Waals surface area contributed by atoms with E-state index < -0.39 is 6.10 Å². The van der Waals surface area contributed by atoms with Crippen molar-refractivity contribution in [3.63, 3.8) is 0 Å². The first-order chi connectivity index (χ1) is 9.76. The molecule has 2 atom stereocenters. The monoisotopic (exact) mass is 354 g/mol. The third kappa shape index (κ3) is 3.27. The van der Waals surface area contributed by atoms with E-state index in [4.69, 9.17) is 4.74 Å². The molecule has 0 heterocycles. The molecule has 1 saturated carbocycles. The van der Waals surface area contributed by atoms with Crippen molar-refractivity contribution in [2.75, 3.05) is 7.11 Å². The summed E-state index contributed by atoms with van der Waals surface area (Å²) in [7, 11) is 1.61. The molecule has 1 aromatic rings. The number of hydrogen-bond acceptors (Lipinski definition) is 3. The second-order valence-corrected chi connectivity index (χ2v) is 7.34. The second-order valence-electron chi connectivity index (χ2n) is 6.49. The first-order valence-corrected chi connectivity index (χ1v) is 7.97. The maximum Gasteiger partial charge on any atom is 0.133 e. The number of aliphatic hydroxyl groups is 1. The van der Waals surface area contributed by atoms with Gasteiger partial charge in [-0.05, 0) is 69.8 Å². The Bertz CT molecular complexity index is 551. The Labute approximate surface area is 134 Å². The van der Waals surface area contributed by atoms with Crippen LogP contribution in [0.25, 0.3) is 0 Å². The van der Waals surface area contributed by atoms with Gasteiger partial charge in [0, 0.05) is 0 Å². The van der Waals surface area contributed by atoms with Gasteiger partial charge in [0.25, 0.3) is 0 Å². The third-order valence-corrected chi connectivity index (χ3v) is 5.28. The highest BCUT2D eigenvalue weighted by Crippen LogP contribution is 2.46. The lowest BCUT2D eigenvalue weighted by atomic mass is 9.64. The van der Waals surface area contributed by atoms with Crippen LogP contribution in [0.1, 0.15) is 32.3 Å². The molecule has 4 heteroatoms. The highest BCUT2D eigenvalue weighted by molar-refractivity contribution is 9.10. The van der Waals surface area contributed by atoms with E-state index in [2.05, 4.69) is 36.4 Å². The Morgan fingerprint density at radius 3 is 2.71 bits per heavy atom. The van der Waals surface area contributed by atoms with Crippen LogP contribution in [-0.4, -0.2) is 23.4 Å². The average Bonchev–Trinajstić information content (AvgIpc) is 2.41. The van der Waals surface area contributed by atoms with Crippen LogP contribution in [0, 0.1) is 11.3 Å². The van der Waals surface area contributed by atoms with Crippen molar-refractivity contribution < 1.29 is 14.9 Å². The minimum atomic E-state index is -0.442. The van der Waals surface area contributed by atoms with Crippen LogP contribution < -0.4 is 4.74 Å². The van der Waals surface area contributed by atoms with E-state index in [9.17, 15) is 10.2 Å². The Morgan fingerprint density at radius 2 is 2.10 bits per heavy atom. The van der Waals surface area contributed by atoms with Crippen LogP contribution in [0.4, 0.5) is 0 Å². The van der Waals surface area contributed by atoms with Crippen molar-refractivity contribution in [3.05, 3.63) is 34.3 Å². The van der Waals surface area contributed by atoms with Crippen molar-refractivity contribution in [2.24, 2.45) is 11.3 Å². The maximum atomic E-state index is 10.2. The smallest absolute Gasteiger partial charge is 0.133 e. The van der Waals surface area contributed by atoms with Gasteiger partial charge < -0.3 is 14.9 Å². The summed E-state index contributed by atoms with van der Waals surface area (Å²) >= 11 is 3.37. The van der Waals surface area contributed by atoms with E-state index in [-0.39, 0.29) is 17.1 Å². The molecule has 1 aliphatic rings. The molecule has 21 heavy (non-hydrogen) atoms. The molecule has 2 rings (SSSR count). The van der Waals surface area contributed by atoms with Crippen LogP contribution in [0.3, 0.4) is 0 Å². The molecule has 2 N–H and O–H groups in total. The fraction of sp³-hybridized carbons (Fsp3) is 0.529. The zero-order valence-electron chi connectivity index (χ0n) is 12.8. The Kier molecular flexibility index (Phi) is 4.69. The molecule has 0 aromatic heterocycles. The van der Waals surface area contributed by atoms with Gasteiger partial charge in [0.1, 0.15) is 11.5 Å². The summed E-state index contributed by atoms with van der Waals surface area (Å²) in [5.41, 5.74) is 1.75. The molecule has 1 fully saturated rings. The molecule has 116 valence electrons. The number of ether oxygens (including phenoxy) is 1. The summed E-state index contributed by atoms with van der Waals surface area (Å²) < 4.78 is 6.03. The SMILES string of the molecule is C=C1[C@@H](O)CCC(C)(C)[C@H]1Cc1cc(OC)c(Br)cc1O. The van der Waals surface area contributed by atoms with Crippen molar-refractivity contribution in [3.8, 4) is 11.5 Å². The molecule has 0 spiro atoms. The minimum absolute atomic E-state index is 0.0586. The van der Waals surface area contributed by atoms with Crippen LogP contribution in [0.2, 0.25) is 0 Å². The van der Waals surface area contributed by atoms with E-state index in [1.54, 1.807) is 13.2 Å². The number of phenols is 1. The van der Waals surface area contributed by atoms with Crippen molar-refractivity contribution >= 4 is 15.9 Å². The molecule has 0 saturated heterocycles. The van der Waals surface area contributed by atoms with Gasteiger partial charge in [-0.2, -0.15) is 0 Å². The lowest BCUT2D eigenvalue weighted by Gasteiger charge is -2.42. The van der Waals surface area contributed by atoms with E-state index in [1.807, 2.05) is 6.07 Å². The van der Waals surface area contributed by atoms with Gasteiger partial charge in [-0.1, -0.05) is 20.4 Å². The molecule has 1 aromatic carbocycles. The Morgan fingerprint density at radius 1 is 1.43 bits per heavy atom. The van der Waals surface area contributed by atoms with Crippen LogP contribution in [0.5, 0.6) is 11.5 Å². The van der Waals surface area contributed by atoms with Gasteiger partial charge >= 0.3 is 0 Å². The molecular formula is C17H23BrO3. The van der Waals surface area contributed by atoms with Gasteiger partial charge in [-0.25, -0.2) is 0 Å². The number of methoxy groups -OCH3 is 1. The predicted molar refractivity (Wildman–Crippen MR) is 87.7 cm³/mol. The lowest BCUT2D eigenvalue weighted by molar-refractivity contribution is 0.0866. The topological polar surface area (TPSA) is 49.7 Å². The summed E-state index contributed by atoms with van der Waals surface area (Å²) in [6.45, 7) is 8.48. The fourth-order valence-corrected chi connectivity index (χ4v) is 3.63. The Hall–Kier alpha value is -1.00. The number of hydrogen-bond donors (Lipinski definition) is 2. The first-order valence-electron chi connectivity index (χ1n) is 7.18. The normalized spacial score (nSPS) is 24.9. The summed E-state index contributed by atoms with van der Waals surface area (Å²) in [6, 6.07) is 3.51. The molecule has 0 radical (unpaired) electrons. The summed E-state index contributed by atoms with van der Waals surface area (Å²) in [5.74, 6) is 1.08. The standard InChI is InChI=1S/C17H23BrO3/c1-10-12(17(2,3)6-5-14(10)19)7-11-8-16(21-4)13(18)9-15(11)20/h8-9,12,14,19-20H,1,5-7H2,2-4H3/t12-,14-/m0/s1. The molecule has 1 aliphatic carbocycles. The minimum Gasteiger partial charge on any atom is -0.508 e. The number of aromatic hydroxyl groups is 1. The van der Waals surface area contributed by atoms with E-state index in [0.29, 0.717) is 12.2 Å². The highest BCUT2D eigenvalue weighted by Gasteiger charge is 2.38. The lowest BCUT2D eigenvalue weighted by Crippen LogP contribution is -2.37. The van der Waals surface area contributed by atoms with Gasteiger partial charge in [0.15, 0.2) is 0 Å². The number of aliphatic hydroxyl groups excluding tert-OH is 1. The maximum absolute atomic E-state index is 10.2. The third-order valence-electron chi connectivity index (χ3n) is 4.66. The first kappa shape index (κ1) is 16.4. The Balaban J connectivity index is 2.33. The van der Waals surface area contributed by atoms with Gasteiger partial charge in [0.05, 0.1) is 17.7 Å². The summed E-state index contributed by atoms with van der Waals surface area (Å²) in [4.78, 5) is 0. The van der Waals surface area contributed by atoms with Crippen molar-refractivity contribution in [1.29, 1.82) is 0 Å². The molecule has 3 nitrogen and oxygen atoms in total. The van der Waals surface area contributed by atoms with Gasteiger partial charge in [0.2, 0.25) is 0 Å². The van der Waals surface area contributed by atoms with E-state index in [0.717, 1.165) is 28.5 Å². The quantitative estimate of drug-likeness (QED) is 0.804. The zero-order chi connectivity index (χ0) is 15.8.